The largest absolute Gasteiger partial charge is 0.370 e. The SMILES string of the molecule is CCNc1ncnc(NCc2ccnn2C)c1C(C)C. The van der Waals surface area contributed by atoms with Gasteiger partial charge in [0, 0.05) is 25.4 Å². The molecular formula is C14H22N6. The van der Waals surface area contributed by atoms with Gasteiger partial charge in [-0.1, -0.05) is 13.8 Å². The third kappa shape index (κ3) is 3.07. The number of hydrogen-bond donors (Lipinski definition) is 2. The second-order valence-electron chi connectivity index (χ2n) is 4.97. The summed E-state index contributed by atoms with van der Waals surface area (Å²) in [7, 11) is 1.93. The third-order valence-electron chi connectivity index (χ3n) is 3.16. The van der Waals surface area contributed by atoms with E-state index < -0.39 is 0 Å². The highest BCUT2D eigenvalue weighted by Crippen LogP contribution is 2.28. The number of nitrogens with one attached hydrogen (secondary N) is 2. The van der Waals surface area contributed by atoms with Crippen LogP contribution in [0.5, 0.6) is 0 Å². The lowest BCUT2D eigenvalue weighted by molar-refractivity contribution is 0.718. The Balaban J connectivity index is 2.22. The van der Waals surface area contributed by atoms with Crippen molar-refractivity contribution in [3.8, 4) is 0 Å². The summed E-state index contributed by atoms with van der Waals surface area (Å²) in [5, 5.41) is 10.8. The van der Waals surface area contributed by atoms with E-state index in [1.165, 1.54) is 0 Å². The summed E-state index contributed by atoms with van der Waals surface area (Å²) < 4.78 is 1.86. The molecule has 0 radical (unpaired) electrons. The van der Waals surface area contributed by atoms with E-state index in [4.69, 9.17) is 0 Å². The summed E-state index contributed by atoms with van der Waals surface area (Å²) in [5.41, 5.74) is 2.24. The Kier molecular flexibility index (Phi) is 4.55. The average Bonchev–Trinajstić information content (AvgIpc) is 2.82. The second kappa shape index (κ2) is 6.36. The molecule has 6 heteroatoms. The molecular weight excluding hydrogens is 252 g/mol. The molecule has 0 aliphatic rings. The summed E-state index contributed by atoms with van der Waals surface area (Å²) in [5.74, 6) is 2.14. The van der Waals surface area contributed by atoms with Gasteiger partial charge in [0.2, 0.25) is 0 Å². The van der Waals surface area contributed by atoms with Crippen LogP contribution in [0.3, 0.4) is 0 Å². The molecule has 0 spiro atoms. The average molecular weight is 274 g/mol. The van der Waals surface area contributed by atoms with Gasteiger partial charge in [0.1, 0.15) is 18.0 Å². The Morgan fingerprint density at radius 3 is 2.45 bits per heavy atom. The van der Waals surface area contributed by atoms with Gasteiger partial charge in [-0.25, -0.2) is 9.97 Å². The van der Waals surface area contributed by atoms with E-state index in [2.05, 4.69) is 46.5 Å². The molecule has 2 heterocycles. The zero-order chi connectivity index (χ0) is 14.5. The fraction of sp³-hybridized carbons (Fsp3) is 0.500. The Labute approximate surface area is 119 Å². The van der Waals surface area contributed by atoms with Crippen LogP contribution in [0.25, 0.3) is 0 Å². The molecule has 2 aromatic rings. The molecule has 0 aliphatic carbocycles. The monoisotopic (exact) mass is 274 g/mol. The number of aromatic nitrogens is 4. The molecule has 2 N–H and O–H groups in total. The van der Waals surface area contributed by atoms with Crippen molar-refractivity contribution >= 4 is 11.6 Å². The normalized spacial score (nSPS) is 10.8. The van der Waals surface area contributed by atoms with Crippen LogP contribution in [-0.4, -0.2) is 26.3 Å². The maximum absolute atomic E-state index is 4.38. The first-order valence-electron chi connectivity index (χ1n) is 6.93. The van der Waals surface area contributed by atoms with E-state index in [9.17, 15) is 0 Å². The van der Waals surface area contributed by atoms with E-state index in [1.807, 2.05) is 17.8 Å². The lowest BCUT2D eigenvalue weighted by Crippen LogP contribution is -2.12. The van der Waals surface area contributed by atoms with Gasteiger partial charge in [-0.2, -0.15) is 5.10 Å². The van der Waals surface area contributed by atoms with Crippen LogP contribution < -0.4 is 10.6 Å². The minimum atomic E-state index is 0.347. The smallest absolute Gasteiger partial charge is 0.135 e. The molecule has 0 saturated carbocycles. The van der Waals surface area contributed by atoms with Gasteiger partial charge in [-0.05, 0) is 18.9 Å². The van der Waals surface area contributed by atoms with E-state index in [0.717, 1.165) is 29.4 Å². The second-order valence-corrected chi connectivity index (χ2v) is 4.97. The van der Waals surface area contributed by atoms with Gasteiger partial charge >= 0.3 is 0 Å². The van der Waals surface area contributed by atoms with Crippen molar-refractivity contribution < 1.29 is 0 Å². The van der Waals surface area contributed by atoms with Gasteiger partial charge < -0.3 is 10.6 Å². The van der Waals surface area contributed by atoms with Crippen molar-refractivity contribution in [2.45, 2.75) is 33.2 Å². The summed E-state index contributed by atoms with van der Waals surface area (Å²) in [6, 6.07) is 1.99. The third-order valence-corrected chi connectivity index (χ3v) is 3.16. The number of nitrogens with zero attached hydrogens (tertiary/aromatic N) is 4. The molecule has 0 aliphatic heterocycles. The van der Waals surface area contributed by atoms with Gasteiger partial charge in [0.05, 0.1) is 12.2 Å². The number of aryl methyl sites for hydroxylation is 1. The minimum Gasteiger partial charge on any atom is -0.370 e. The van der Waals surface area contributed by atoms with Crippen molar-refractivity contribution in [3.05, 3.63) is 29.8 Å². The van der Waals surface area contributed by atoms with Crippen molar-refractivity contribution in [1.29, 1.82) is 0 Å². The number of rotatable bonds is 6. The minimum absolute atomic E-state index is 0.347. The van der Waals surface area contributed by atoms with Crippen LogP contribution in [-0.2, 0) is 13.6 Å². The number of hydrogen-bond acceptors (Lipinski definition) is 5. The molecule has 2 rings (SSSR count). The fourth-order valence-electron chi connectivity index (χ4n) is 2.14. The first-order chi connectivity index (χ1) is 9.63. The van der Waals surface area contributed by atoms with Crippen LogP contribution >= 0.6 is 0 Å². The van der Waals surface area contributed by atoms with Crippen LogP contribution in [0.15, 0.2) is 18.6 Å². The molecule has 108 valence electrons. The predicted molar refractivity (Wildman–Crippen MR) is 80.8 cm³/mol. The molecule has 0 unspecified atom stereocenters. The van der Waals surface area contributed by atoms with Crippen LogP contribution in [0.2, 0.25) is 0 Å². The lowest BCUT2D eigenvalue weighted by atomic mass is 10.0. The topological polar surface area (TPSA) is 67.7 Å². The molecule has 0 amide bonds. The van der Waals surface area contributed by atoms with E-state index in [-0.39, 0.29) is 0 Å². The standard InChI is InChI=1S/C14H22N6/c1-5-15-13-12(10(2)3)14(18-9-17-13)16-8-11-6-7-19-20(11)4/h6-7,9-10H,5,8H2,1-4H3,(H2,15,16,17,18). The Morgan fingerprint density at radius 2 is 1.90 bits per heavy atom. The van der Waals surface area contributed by atoms with Gasteiger partial charge in [-0.15, -0.1) is 0 Å². The summed E-state index contributed by atoms with van der Waals surface area (Å²) in [6.07, 6.45) is 3.39. The van der Waals surface area contributed by atoms with E-state index in [0.29, 0.717) is 12.5 Å². The highest BCUT2D eigenvalue weighted by Gasteiger charge is 2.14. The molecule has 0 atom stereocenters. The van der Waals surface area contributed by atoms with Crippen LogP contribution in [0, 0.1) is 0 Å². The summed E-state index contributed by atoms with van der Waals surface area (Å²) in [4.78, 5) is 8.71. The molecule has 0 saturated heterocycles. The van der Waals surface area contributed by atoms with Crippen LogP contribution in [0.4, 0.5) is 11.6 Å². The molecule has 0 bridgehead atoms. The summed E-state index contributed by atoms with van der Waals surface area (Å²) >= 11 is 0. The summed E-state index contributed by atoms with van der Waals surface area (Å²) in [6.45, 7) is 7.90. The molecule has 2 aromatic heterocycles. The number of anilines is 2. The zero-order valence-corrected chi connectivity index (χ0v) is 12.5. The molecule has 0 aromatic carbocycles. The first-order valence-corrected chi connectivity index (χ1v) is 6.93. The quantitative estimate of drug-likeness (QED) is 0.846. The molecule has 6 nitrogen and oxygen atoms in total. The van der Waals surface area contributed by atoms with Crippen LogP contribution in [0.1, 0.15) is 37.9 Å². The van der Waals surface area contributed by atoms with Crippen molar-refractivity contribution in [1.82, 2.24) is 19.7 Å². The molecule has 0 fully saturated rings. The van der Waals surface area contributed by atoms with Crippen molar-refractivity contribution in [3.63, 3.8) is 0 Å². The highest BCUT2D eigenvalue weighted by molar-refractivity contribution is 5.59. The lowest BCUT2D eigenvalue weighted by Gasteiger charge is -2.17. The van der Waals surface area contributed by atoms with Gasteiger partial charge in [0.15, 0.2) is 0 Å². The van der Waals surface area contributed by atoms with E-state index >= 15 is 0 Å². The fourth-order valence-corrected chi connectivity index (χ4v) is 2.14. The van der Waals surface area contributed by atoms with Crippen molar-refractivity contribution in [2.24, 2.45) is 7.05 Å². The van der Waals surface area contributed by atoms with Gasteiger partial charge in [-0.3, -0.25) is 4.68 Å². The first kappa shape index (κ1) is 14.3. The Hall–Kier alpha value is -2.11. The maximum Gasteiger partial charge on any atom is 0.135 e. The highest BCUT2D eigenvalue weighted by atomic mass is 15.3. The maximum atomic E-state index is 4.38. The Morgan fingerprint density at radius 1 is 1.20 bits per heavy atom. The molecule has 20 heavy (non-hydrogen) atoms. The van der Waals surface area contributed by atoms with Crippen molar-refractivity contribution in [2.75, 3.05) is 17.2 Å². The zero-order valence-electron chi connectivity index (χ0n) is 12.5. The predicted octanol–water partition coefficient (Wildman–Crippen LogP) is 2.38. The van der Waals surface area contributed by atoms with Gasteiger partial charge in [0.25, 0.3) is 0 Å². The Bertz CT molecular complexity index is 561. The van der Waals surface area contributed by atoms with E-state index in [1.54, 1.807) is 12.5 Å².